The van der Waals surface area contributed by atoms with E-state index in [-0.39, 0.29) is 36.8 Å². The van der Waals surface area contributed by atoms with Gasteiger partial charge >= 0.3 is 12.1 Å². The SMILES string of the molecule is CCN(CCNN(C)C(=O)Nc1ccon1)c1c(F)cc(N2C[C@H](CNC(C)=S)OC2=O)cc1F. The number of carbonyl (C=O) groups excluding carboxylic acids is 2. The van der Waals surface area contributed by atoms with Crippen molar-refractivity contribution in [3.8, 4) is 0 Å². The number of thiocarbonyl (C=S) groups is 1. The summed E-state index contributed by atoms with van der Waals surface area (Å²) in [5.41, 5.74) is 2.68. The third-order valence-electron chi connectivity index (χ3n) is 5.17. The quantitative estimate of drug-likeness (QED) is 0.327. The molecule has 1 aromatic carbocycles. The van der Waals surface area contributed by atoms with Gasteiger partial charge in [0.25, 0.3) is 0 Å². The monoisotopic (exact) mass is 511 g/mol. The van der Waals surface area contributed by atoms with E-state index in [1.54, 1.807) is 13.8 Å². The first-order valence-corrected chi connectivity index (χ1v) is 11.3. The van der Waals surface area contributed by atoms with Gasteiger partial charge in [-0.1, -0.05) is 17.4 Å². The Morgan fingerprint density at radius 1 is 1.34 bits per heavy atom. The zero-order valence-electron chi connectivity index (χ0n) is 19.5. The summed E-state index contributed by atoms with van der Waals surface area (Å²) in [6.07, 6.45) is 0.137. The largest absolute Gasteiger partial charge is 0.442 e. The second kappa shape index (κ2) is 11.8. The van der Waals surface area contributed by atoms with Crippen molar-refractivity contribution in [1.82, 2.24) is 20.9 Å². The molecule has 0 spiro atoms. The molecule has 1 aromatic heterocycles. The van der Waals surface area contributed by atoms with Crippen molar-refractivity contribution in [2.45, 2.75) is 20.0 Å². The van der Waals surface area contributed by atoms with Crippen LogP contribution in [0.4, 0.5) is 35.6 Å². The lowest BCUT2D eigenvalue weighted by Crippen LogP contribution is -2.45. The smallest absolute Gasteiger partial charge is 0.414 e. The second-order valence-corrected chi connectivity index (χ2v) is 8.29. The molecule has 11 nitrogen and oxygen atoms in total. The number of carbonyl (C=O) groups is 2. The summed E-state index contributed by atoms with van der Waals surface area (Å²) >= 11 is 4.95. The van der Waals surface area contributed by atoms with Gasteiger partial charge in [0.1, 0.15) is 18.1 Å². The van der Waals surface area contributed by atoms with Crippen molar-refractivity contribution in [3.05, 3.63) is 36.1 Å². The predicted molar refractivity (Wildman–Crippen MR) is 129 cm³/mol. The molecule has 0 bridgehead atoms. The Balaban J connectivity index is 1.60. The molecular formula is C21H27F2N7O4S. The molecule has 0 unspecified atom stereocenters. The number of urea groups is 1. The number of halogens is 2. The molecule has 3 rings (SSSR count). The molecule has 0 radical (unpaired) electrons. The van der Waals surface area contributed by atoms with Crippen LogP contribution < -0.4 is 25.9 Å². The maximum absolute atomic E-state index is 15.0. The first-order chi connectivity index (χ1) is 16.7. The molecule has 0 saturated carbocycles. The Hall–Kier alpha value is -3.52. The van der Waals surface area contributed by atoms with Crippen molar-refractivity contribution in [3.63, 3.8) is 0 Å². The van der Waals surface area contributed by atoms with Gasteiger partial charge in [0.05, 0.1) is 23.8 Å². The van der Waals surface area contributed by atoms with E-state index in [2.05, 4.69) is 25.7 Å². The topological polar surface area (TPSA) is 115 Å². The lowest BCUT2D eigenvalue weighted by molar-refractivity contribution is 0.143. The minimum absolute atomic E-state index is 0.0637. The predicted octanol–water partition coefficient (Wildman–Crippen LogP) is 2.71. The number of nitrogens with one attached hydrogen (secondary N) is 3. The standard InChI is InChI=1S/C21H27F2N7O4S/c1-4-29(7-6-25-28(3)20(31)26-18-5-8-33-27-18)19-16(22)9-14(10-17(19)23)30-12-15(34-21(30)32)11-24-13(2)35/h5,8-10,15,25H,4,6-7,11-12H2,1-3H3,(H,24,35)(H,26,27,31)/t15-/m0/s1. The highest BCUT2D eigenvalue weighted by atomic mass is 32.1. The number of benzene rings is 1. The fourth-order valence-corrected chi connectivity index (χ4v) is 3.51. The molecule has 35 heavy (non-hydrogen) atoms. The highest BCUT2D eigenvalue weighted by Crippen LogP contribution is 2.30. The molecule has 1 aliphatic rings. The zero-order chi connectivity index (χ0) is 25.5. The van der Waals surface area contributed by atoms with Gasteiger partial charge in [-0.15, -0.1) is 0 Å². The van der Waals surface area contributed by atoms with Gasteiger partial charge in [-0.25, -0.2) is 23.8 Å². The van der Waals surface area contributed by atoms with E-state index in [1.807, 2.05) is 0 Å². The number of rotatable bonds is 10. The van der Waals surface area contributed by atoms with E-state index in [9.17, 15) is 9.59 Å². The van der Waals surface area contributed by atoms with Crippen LogP contribution in [0.15, 0.2) is 29.0 Å². The Labute approximate surface area is 206 Å². The summed E-state index contributed by atoms with van der Waals surface area (Å²) in [5, 5.41) is 10.2. The summed E-state index contributed by atoms with van der Waals surface area (Å²) in [6.45, 7) is 4.61. The molecule has 0 aliphatic carbocycles. The van der Waals surface area contributed by atoms with Crippen LogP contribution in [0.2, 0.25) is 0 Å². The third-order valence-corrected chi connectivity index (χ3v) is 5.32. The molecule has 2 heterocycles. The van der Waals surface area contributed by atoms with Gasteiger partial charge in [0, 0.05) is 44.9 Å². The number of amides is 3. The van der Waals surface area contributed by atoms with E-state index in [4.69, 9.17) is 17.0 Å². The van der Waals surface area contributed by atoms with Crippen LogP contribution >= 0.6 is 12.2 Å². The van der Waals surface area contributed by atoms with Gasteiger partial charge in [-0.3, -0.25) is 15.2 Å². The summed E-state index contributed by atoms with van der Waals surface area (Å²) in [5.74, 6) is -1.38. The van der Waals surface area contributed by atoms with E-state index in [1.165, 1.54) is 34.2 Å². The van der Waals surface area contributed by atoms with Crippen molar-refractivity contribution in [2.24, 2.45) is 0 Å². The van der Waals surface area contributed by atoms with E-state index < -0.39 is 29.9 Å². The number of aromatic nitrogens is 1. The Morgan fingerprint density at radius 2 is 2.06 bits per heavy atom. The lowest BCUT2D eigenvalue weighted by Gasteiger charge is -2.27. The Bertz CT molecular complexity index is 1030. The van der Waals surface area contributed by atoms with Crippen molar-refractivity contribution < 1.29 is 27.6 Å². The first-order valence-electron chi connectivity index (χ1n) is 10.8. The lowest BCUT2D eigenvalue weighted by atomic mass is 10.2. The molecule has 1 fully saturated rings. The van der Waals surface area contributed by atoms with E-state index >= 15 is 8.78 Å². The molecule has 1 atom stereocenters. The number of anilines is 3. The molecule has 2 aromatic rings. The zero-order valence-corrected chi connectivity index (χ0v) is 20.3. The molecule has 1 saturated heterocycles. The first kappa shape index (κ1) is 26.1. The third kappa shape index (κ3) is 6.76. The van der Waals surface area contributed by atoms with Gasteiger partial charge in [-0.05, 0) is 13.8 Å². The highest BCUT2D eigenvalue weighted by Gasteiger charge is 2.33. The summed E-state index contributed by atoms with van der Waals surface area (Å²) in [4.78, 5) is 27.5. The summed E-state index contributed by atoms with van der Waals surface area (Å²) < 4.78 is 39.9. The number of hydrogen-bond donors (Lipinski definition) is 3. The van der Waals surface area contributed by atoms with Gasteiger partial charge in [0.15, 0.2) is 17.5 Å². The number of cyclic esters (lactones) is 1. The average Bonchev–Trinajstić information content (AvgIpc) is 3.45. The molecule has 190 valence electrons. The Morgan fingerprint density at radius 3 is 2.66 bits per heavy atom. The van der Waals surface area contributed by atoms with Crippen molar-refractivity contribution in [1.29, 1.82) is 0 Å². The summed E-state index contributed by atoms with van der Waals surface area (Å²) in [7, 11) is 1.49. The van der Waals surface area contributed by atoms with Crippen LogP contribution in [0.1, 0.15) is 13.8 Å². The van der Waals surface area contributed by atoms with Crippen molar-refractivity contribution >= 4 is 46.5 Å². The maximum atomic E-state index is 15.0. The minimum Gasteiger partial charge on any atom is -0.442 e. The fourth-order valence-electron chi connectivity index (χ4n) is 3.43. The van der Waals surface area contributed by atoms with Crippen LogP contribution in [-0.2, 0) is 4.74 Å². The normalized spacial score (nSPS) is 15.1. The van der Waals surface area contributed by atoms with E-state index in [0.717, 1.165) is 12.1 Å². The number of hydrogen-bond acceptors (Lipinski definition) is 8. The van der Waals surface area contributed by atoms with Crippen LogP contribution in [0.25, 0.3) is 0 Å². The maximum Gasteiger partial charge on any atom is 0.414 e. The van der Waals surface area contributed by atoms with Crippen LogP contribution in [0.3, 0.4) is 0 Å². The number of hydrazine groups is 1. The van der Waals surface area contributed by atoms with Crippen molar-refractivity contribution in [2.75, 3.05) is 54.9 Å². The number of likely N-dealkylation sites (N-methyl/N-ethyl adjacent to an activating group) is 1. The van der Waals surface area contributed by atoms with Gasteiger partial charge in [-0.2, -0.15) is 0 Å². The fraction of sp³-hybridized carbons (Fsp3) is 0.429. The average molecular weight is 512 g/mol. The minimum atomic E-state index is -0.817. The number of ether oxygens (including phenoxy) is 1. The second-order valence-electron chi connectivity index (χ2n) is 7.67. The van der Waals surface area contributed by atoms with E-state index in [0.29, 0.717) is 18.1 Å². The molecule has 1 aliphatic heterocycles. The van der Waals surface area contributed by atoms with Gasteiger partial charge < -0.3 is 19.5 Å². The van der Waals surface area contributed by atoms with Crippen LogP contribution in [0.5, 0.6) is 0 Å². The van der Waals surface area contributed by atoms with Crippen LogP contribution in [-0.4, -0.2) is 73.2 Å². The molecular weight excluding hydrogens is 484 g/mol. The Kier molecular flexibility index (Phi) is 8.76. The van der Waals surface area contributed by atoms with Crippen LogP contribution in [0, 0.1) is 11.6 Å². The molecule has 3 amide bonds. The van der Waals surface area contributed by atoms with Gasteiger partial charge in [0.2, 0.25) is 0 Å². The summed E-state index contributed by atoms with van der Waals surface area (Å²) in [6, 6.07) is 3.20. The number of nitrogens with zero attached hydrogens (tertiary/aromatic N) is 4. The molecule has 3 N–H and O–H groups in total. The molecule has 14 heteroatoms. The highest BCUT2D eigenvalue weighted by molar-refractivity contribution is 7.80.